The lowest BCUT2D eigenvalue weighted by Crippen LogP contribution is -2.33. The highest BCUT2D eigenvalue weighted by molar-refractivity contribution is 9.10. The maximum Gasteiger partial charge on any atom is 0.165 e. The van der Waals surface area contributed by atoms with Crippen LogP contribution in [-0.2, 0) is 5.41 Å². The van der Waals surface area contributed by atoms with E-state index in [0.717, 1.165) is 28.8 Å². The molecule has 0 bridgehead atoms. The number of hydrogen-bond acceptors (Lipinski definition) is 3. The summed E-state index contributed by atoms with van der Waals surface area (Å²) in [5, 5.41) is 0. The Morgan fingerprint density at radius 2 is 1.85 bits per heavy atom. The Bertz CT molecular complexity index is 536. The second kappa shape index (κ2) is 4.92. The van der Waals surface area contributed by atoms with E-state index in [1.54, 1.807) is 0 Å². The minimum Gasteiger partial charge on any atom is -0.486 e. The zero-order chi connectivity index (χ0) is 14.5. The van der Waals surface area contributed by atoms with Crippen LogP contribution in [0.4, 0.5) is 0 Å². The van der Waals surface area contributed by atoms with Gasteiger partial charge in [-0.1, -0.05) is 29.8 Å². The van der Waals surface area contributed by atoms with Gasteiger partial charge >= 0.3 is 0 Å². The molecule has 0 spiro atoms. The summed E-state index contributed by atoms with van der Waals surface area (Å²) < 4.78 is 12.8. The number of nitrogens with two attached hydrogens (primary N) is 1. The first-order valence-electron chi connectivity index (χ1n) is 7.35. The molecule has 20 heavy (non-hydrogen) atoms. The molecular formula is C16H22BrNO2. The monoisotopic (exact) mass is 339 g/mol. The lowest BCUT2D eigenvalue weighted by molar-refractivity contribution is 0.168. The number of fused-ring (bicyclic) bond motifs is 1. The molecule has 1 aliphatic heterocycles. The van der Waals surface area contributed by atoms with E-state index >= 15 is 0 Å². The third-order valence-corrected chi connectivity index (χ3v) is 5.18. The highest BCUT2D eigenvalue weighted by atomic mass is 79.9. The van der Waals surface area contributed by atoms with Crippen molar-refractivity contribution in [1.82, 2.24) is 0 Å². The fraction of sp³-hybridized carbons (Fsp3) is 0.625. The van der Waals surface area contributed by atoms with Crippen molar-refractivity contribution in [3.63, 3.8) is 0 Å². The molecule has 3 nitrogen and oxygen atoms in total. The number of benzene rings is 1. The topological polar surface area (TPSA) is 44.5 Å². The van der Waals surface area contributed by atoms with E-state index in [0.29, 0.717) is 19.1 Å². The van der Waals surface area contributed by atoms with Crippen LogP contribution in [0.1, 0.15) is 50.7 Å². The van der Waals surface area contributed by atoms with Crippen LogP contribution in [-0.4, -0.2) is 19.3 Å². The van der Waals surface area contributed by atoms with Crippen LogP contribution in [0.15, 0.2) is 10.5 Å². The summed E-state index contributed by atoms with van der Waals surface area (Å²) in [4.78, 5) is 0. The first-order valence-corrected chi connectivity index (χ1v) is 8.14. The predicted octanol–water partition coefficient (Wildman–Crippen LogP) is 3.72. The standard InChI is InChI=1S/C16H22BrNO2/c1-9(2)13-14(16(4-5-16)10(3)18)11(17)8-12-15(13)20-7-6-19-12/h8-10H,4-7,18H2,1-3H3. The third-order valence-electron chi connectivity index (χ3n) is 4.56. The van der Waals surface area contributed by atoms with E-state index in [2.05, 4.69) is 42.8 Å². The van der Waals surface area contributed by atoms with Crippen molar-refractivity contribution < 1.29 is 9.47 Å². The van der Waals surface area contributed by atoms with Crippen molar-refractivity contribution in [2.24, 2.45) is 5.73 Å². The number of halogens is 1. The van der Waals surface area contributed by atoms with E-state index in [9.17, 15) is 0 Å². The van der Waals surface area contributed by atoms with Crippen LogP contribution in [0.5, 0.6) is 11.5 Å². The first kappa shape index (κ1) is 14.2. The Kier molecular flexibility index (Phi) is 3.49. The molecule has 1 heterocycles. The van der Waals surface area contributed by atoms with Gasteiger partial charge in [0.05, 0.1) is 0 Å². The average Bonchev–Trinajstić information content (AvgIpc) is 3.18. The van der Waals surface area contributed by atoms with Crippen molar-refractivity contribution in [3.05, 3.63) is 21.7 Å². The molecule has 0 saturated heterocycles. The van der Waals surface area contributed by atoms with Gasteiger partial charge in [-0.15, -0.1) is 0 Å². The summed E-state index contributed by atoms with van der Waals surface area (Å²) >= 11 is 3.75. The fourth-order valence-corrected chi connectivity index (χ4v) is 4.12. The minimum absolute atomic E-state index is 0.105. The van der Waals surface area contributed by atoms with E-state index in [1.165, 1.54) is 11.1 Å². The summed E-state index contributed by atoms with van der Waals surface area (Å²) in [5.74, 6) is 2.17. The van der Waals surface area contributed by atoms with Gasteiger partial charge in [0.1, 0.15) is 13.2 Å². The Balaban J connectivity index is 2.23. The van der Waals surface area contributed by atoms with Crippen LogP contribution in [0, 0.1) is 0 Å². The lowest BCUT2D eigenvalue weighted by atomic mass is 9.82. The smallest absolute Gasteiger partial charge is 0.165 e. The van der Waals surface area contributed by atoms with Gasteiger partial charge in [0.2, 0.25) is 0 Å². The SMILES string of the molecule is CC(C)c1c2c(cc(Br)c1C1(C(C)N)CC1)OCCO2. The normalized spacial score (nSPS) is 20.9. The highest BCUT2D eigenvalue weighted by Crippen LogP contribution is 2.57. The lowest BCUT2D eigenvalue weighted by Gasteiger charge is -2.31. The van der Waals surface area contributed by atoms with Gasteiger partial charge < -0.3 is 15.2 Å². The molecule has 2 aliphatic rings. The quantitative estimate of drug-likeness (QED) is 0.912. The van der Waals surface area contributed by atoms with Crippen LogP contribution in [0.3, 0.4) is 0 Å². The molecule has 1 fully saturated rings. The molecule has 2 N–H and O–H groups in total. The van der Waals surface area contributed by atoms with E-state index in [-0.39, 0.29) is 11.5 Å². The van der Waals surface area contributed by atoms with Gasteiger partial charge in [-0.25, -0.2) is 0 Å². The number of ether oxygens (including phenoxy) is 2. The Hall–Kier alpha value is -0.740. The zero-order valence-corrected chi connectivity index (χ0v) is 13.9. The van der Waals surface area contributed by atoms with Crippen molar-refractivity contribution in [2.75, 3.05) is 13.2 Å². The minimum atomic E-state index is 0.105. The highest BCUT2D eigenvalue weighted by Gasteiger charge is 2.50. The van der Waals surface area contributed by atoms with E-state index < -0.39 is 0 Å². The number of hydrogen-bond donors (Lipinski definition) is 1. The number of rotatable bonds is 3. The van der Waals surface area contributed by atoms with E-state index in [1.807, 2.05) is 0 Å². The fourth-order valence-electron chi connectivity index (χ4n) is 3.30. The van der Waals surface area contributed by atoms with Crippen LogP contribution < -0.4 is 15.2 Å². The molecule has 4 heteroatoms. The molecule has 1 atom stereocenters. The molecule has 0 radical (unpaired) electrons. The van der Waals surface area contributed by atoms with Crippen molar-refractivity contribution in [2.45, 2.75) is 51.0 Å². The molecule has 1 aromatic carbocycles. The van der Waals surface area contributed by atoms with E-state index in [4.69, 9.17) is 15.2 Å². The van der Waals surface area contributed by atoms with Crippen molar-refractivity contribution in [3.8, 4) is 11.5 Å². The van der Waals surface area contributed by atoms with Crippen LogP contribution in [0.2, 0.25) is 0 Å². The zero-order valence-electron chi connectivity index (χ0n) is 12.3. The molecule has 1 aliphatic carbocycles. The summed E-state index contributed by atoms with van der Waals surface area (Å²) in [6, 6.07) is 2.21. The van der Waals surface area contributed by atoms with Gasteiger partial charge in [0.25, 0.3) is 0 Å². The summed E-state index contributed by atoms with van der Waals surface area (Å²) in [5.41, 5.74) is 9.00. The van der Waals surface area contributed by atoms with Gasteiger partial charge in [0.15, 0.2) is 11.5 Å². The molecule has 1 saturated carbocycles. The van der Waals surface area contributed by atoms with Gasteiger partial charge in [-0.3, -0.25) is 0 Å². The summed E-state index contributed by atoms with van der Waals surface area (Å²) in [6.07, 6.45) is 2.31. The Morgan fingerprint density at radius 1 is 1.20 bits per heavy atom. The third kappa shape index (κ3) is 2.04. The maximum atomic E-state index is 6.29. The molecule has 3 rings (SSSR count). The first-order chi connectivity index (χ1) is 9.47. The van der Waals surface area contributed by atoms with Crippen molar-refractivity contribution in [1.29, 1.82) is 0 Å². The average molecular weight is 340 g/mol. The second-order valence-corrected chi connectivity index (χ2v) is 7.13. The summed E-state index contributed by atoms with van der Waals surface area (Å²) in [6.45, 7) is 7.77. The molecule has 1 unspecified atom stereocenters. The second-order valence-electron chi connectivity index (χ2n) is 6.27. The van der Waals surface area contributed by atoms with Gasteiger partial charge in [0, 0.05) is 21.5 Å². The predicted molar refractivity (Wildman–Crippen MR) is 83.8 cm³/mol. The molecule has 0 aromatic heterocycles. The Labute approximate surface area is 129 Å². The van der Waals surface area contributed by atoms with Gasteiger partial charge in [-0.2, -0.15) is 0 Å². The molecule has 0 amide bonds. The summed E-state index contributed by atoms with van der Waals surface area (Å²) in [7, 11) is 0. The molecular weight excluding hydrogens is 318 g/mol. The Morgan fingerprint density at radius 3 is 2.40 bits per heavy atom. The molecule has 110 valence electrons. The molecule has 1 aromatic rings. The largest absolute Gasteiger partial charge is 0.486 e. The van der Waals surface area contributed by atoms with Crippen LogP contribution in [0.25, 0.3) is 0 Å². The maximum absolute atomic E-state index is 6.29. The van der Waals surface area contributed by atoms with Crippen LogP contribution >= 0.6 is 15.9 Å². The van der Waals surface area contributed by atoms with Gasteiger partial charge in [-0.05, 0) is 37.3 Å². The van der Waals surface area contributed by atoms with Crippen molar-refractivity contribution >= 4 is 15.9 Å².